The molecular formula is C29H25N2O+. The van der Waals surface area contributed by atoms with Gasteiger partial charge >= 0.3 is 0 Å². The highest BCUT2D eigenvalue weighted by Crippen LogP contribution is 2.40. The van der Waals surface area contributed by atoms with Crippen molar-refractivity contribution in [3.63, 3.8) is 0 Å². The normalized spacial score (nSPS) is 17.2. The third-order valence-electron chi connectivity index (χ3n) is 6.17. The molecular weight excluding hydrogens is 392 g/mol. The lowest BCUT2D eigenvalue weighted by molar-refractivity contribution is -0.660. The molecule has 0 saturated heterocycles. The highest BCUT2D eigenvalue weighted by molar-refractivity contribution is 6.18. The van der Waals surface area contributed by atoms with Crippen LogP contribution in [-0.4, -0.2) is 4.98 Å². The number of hydrogen-bond donors (Lipinski definition) is 0. The molecule has 3 nitrogen and oxygen atoms in total. The molecule has 3 heterocycles. The predicted molar refractivity (Wildman–Crippen MR) is 132 cm³/mol. The maximum absolute atomic E-state index is 8.05. The summed E-state index contributed by atoms with van der Waals surface area (Å²) in [5, 5.41) is 4.09. The molecule has 0 fully saturated rings. The molecule has 0 aliphatic rings. The van der Waals surface area contributed by atoms with Crippen LogP contribution >= 0.6 is 0 Å². The standard InChI is InChI=1S/C29H25N2O/c1-16-6-10-23-22-11-9-20-13-21-8-7-19(4)30-25(21)14-24(20)28(22)32-29(23)27(16)26-12-17(2)18(3)15-31(26)5/h6-15H,1-5H3/q+1/i2D3,3D3,4D3. The Kier molecular flexibility index (Phi) is 2.44. The van der Waals surface area contributed by atoms with Gasteiger partial charge in [0.25, 0.3) is 0 Å². The van der Waals surface area contributed by atoms with Crippen LogP contribution in [0.4, 0.5) is 0 Å². The summed E-state index contributed by atoms with van der Waals surface area (Å²) in [5.41, 5.74) is 3.19. The first-order chi connectivity index (χ1) is 19.0. The molecule has 0 unspecified atom stereocenters. The topological polar surface area (TPSA) is 29.9 Å². The van der Waals surface area contributed by atoms with Gasteiger partial charge in [0.05, 0.1) is 11.1 Å². The van der Waals surface area contributed by atoms with Crippen LogP contribution in [0, 0.1) is 27.5 Å². The van der Waals surface area contributed by atoms with Crippen LogP contribution in [0.1, 0.15) is 34.7 Å². The van der Waals surface area contributed by atoms with Gasteiger partial charge in [0.15, 0.2) is 6.20 Å². The number of pyridine rings is 2. The highest BCUT2D eigenvalue weighted by Gasteiger charge is 2.22. The number of benzene rings is 3. The van der Waals surface area contributed by atoms with E-state index in [1.807, 2.05) is 43.3 Å². The van der Waals surface area contributed by atoms with Gasteiger partial charge in [0.1, 0.15) is 18.2 Å². The summed E-state index contributed by atoms with van der Waals surface area (Å²) in [6.45, 7) is -5.68. The van der Waals surface area contributed by atoms with Crippen molar-refractivity contribution in [1.29, 1.82) is 0 Å². The first-order valence-electron chi connectivity index (χ1n) is 14.8. The zero-order valence-corrected chi connectivity index (χ0v) is 17.6. The van der Waals surface area contributed by atoms with Crippen molar-refractivity contribution >= 4 is 43.6 Å². The first-order valence-corrected chi connectivity index (χ1v) is 10.3. The van der Waals surface area contributed by atoms with Gasteiger partial charge in [0, 0.05) is 51.2 Å². The van der Waals surface area contributed by atoms with Gasteiger partial charge in [-0.15, -0.1) is 0 Å². The minimum Gasteiger partial charge on any atom is -0.454 e. The van der Waals surface area contributed by atoms with Crippen LogP contribution in [-0.2, 0) is 7.05 Å². The molecule has 0 amide bonds. The summed E-state index contributed by atoms with van der Waals surface area (Å²) in [5.74, 6) is 0. The lowest BCUT2D eigenvalue weighted by atomic mass is 9.98. The van der Waals surface area contributed by atoms with Crippen LogP contribution in [0.25, 0.3) is 54.9 Å². The van der Waals surface area contributed by atoms with E-state index >= 15 is 0 Å². The van der Waals surface area contributed by atoms with E-state index in [-0.39, 0.29) is 16.8 Å². The molecule has 6 rings (SSSR count). The van der Waals surface area contributed by atoms with Gasteiger partial charge in [0.2, 0.25) is 5.69 Å². The zero-order valence-electron chi connectivity index (χ0n) is 26.6. The molecule has 0 aliphatic heterocycles. The minimum absolute atomic E-state index is 0.0112. The van der Waals surface area contributed by atoms with Gasteiger partial charge in [-0.1, -0.05) is 24.3 Å². The van der Waals surface area contributed by atoms with E-state index in [9.17, 15) is 0 Å². The molecule has 32 heavy (non-hydrogen) atoms. The highest BCUT2D eigenvalue weighted by atomic mass is 16.3. The summed E-state index contributed by atoms with van der Waals surface area (Å²) in [7, 11) is 1.69. The minimum atomic E-state index is -2.64. The molecule has 6 aromatic rings. The largest absolute Gasteiger partial charge is 0.454 e. The Morgan fingerprint density at radius 3 is 2.44 bits per heavy atom. The van der Waals surface area contributed by atoms with Crippen molar-refractivity contribution < 1.29 is 21.3 Å². The maximum atomic E-state index is 8.05. The molecule has 3 aromatic carbocycles. The fraction of sp³-hybridized carbons (Fsp3) is 0.172. The van der Waals surface area contributed by atoms with Crippen LogP contribution in [0.3, 0.4) is 0 Å². The number of rotatable bonds is 1. The zero-order chi connectivity index (χ0) is 29.6. The summed E-state index contributed by atoms with van der Waals surface area (Å²) in [6, 6.07) is 16.3. The van der Waals surface area contributed by atoms with Gasteiger partial charge in [-0.25, -0.2) is 4.57 Å². The van der Waals surface area contributed by atoms with Crippen LogP contribution < -0.4 is 4.57 Å². The van der Waals surface area contributed by atoms with E-state index in [0.29, 0.717) is 27.9 Å². The fourth-order valence-electron chi connectivity index (χ4n) is 4.56. The lowest BCUT2D eigenvalue weighted by Crippen LogP contribution is -2.31. The average Bonchev–Trinajstić information content (AvgIpc) is 3.24. The van der Waals surface area contributed by atoms with Gasteiger partial charge in [-0.3, -0.25) is 4.98 Å². The number of hydrogen-bond acceptors (Lipinski definition) is 2. The van der Waals surface area contributed by atoms with E-state index < -0.39 is 20.6 Å². The fourth-order valence-corrected chi connectivity index (χ4v) is 4.56. The van der Waals surface area contributed by atoms with Crippen molar-refractivity contribution in [2.75, 3.05) is 0 Å². The van der Waals surface area contributed by atoms with Crippen LogP contribution in [0.15, 0.2) is 65.2 Å². The van der Waals surface area contributed by atoms with E-state index in [1.165, 1.54) is 18.3 Å². The average molecular weight is 427 g/mol. The summed E-state index contributed by atoms with van der Waals surface area (Å²) in [4.78, 5) is 4.40. The second-order valence-corrected chi connectivity index (χ2v) is 8.24. The van der Waals surface area contributed by atoms with E-state index in [4.69, 9.17) is 16.8 Å². The molecule has 156 valence electrons. The molecule has 0 bridgehead atoms. The molecule has 3 aromatic heterocycles. The summed E-state index contributed by atoms with van der Waals surface area (Å²) in [6.07, 6.45) is 1.36. The van der Waals surface area contributed by atoms with E-state index in [0.717, 1.165) is 32.5 Å². The monoisotopic (exact) mass is 426 g/mol. The molecule has 0 spiro atoms. The second-order valence-electron chi connectivity index (χ2n) is 8.24. The predicted octanol–water partition coefficient (Wildman–Crippen LogP) is 7.01. The number of nitrogens with zero attached hydrogens (tertiary/aromatic N) is 2. The van der Waals surface area contributed by atoms with Gasteiger partial charge in [-0.2, -0.15) is 0 Å². The van der Waals surface area contributed by atoms with E-state index in [2.05, 4.69) is 4.98 Å². The second kappa shape index (κ2) is 6.64. The van der Waals surface area contributed by atoms with Gasteiger partial charge in [-0.05, 0) is 68.3 Å². The molecule has 0 N–H and O–H groups in total. The Morgan fingerprint density at radius 2 is 1.59 bits per heavy atom. The van der Waals surface area contributed by atoms with Crippen LogP contribution in [0.2, 0.25) is 0 Å². The number of furan rings is 1. The van der Waals surface area contributed by atoms with Crippen molar-refractivity contribution in [2.24, 2.45) is 7.05 Å². The SMILES string of the molecule is [2H]C([2H])([2H])c1ccc2cc3ccc4c5ccc(C)c(-c6cc(C([2H])([2H])[2H])c(C([2H])([2H])[2H])c[n+]6C)c5oc4c3cc2n1. The van der Waals surface area contributed by atoms with Crippen LogP contribution in [0.5, 0.6) is 0 Å². The number of aromatic nitrogens is 2. The Labute approximate surface area is 199 Å². The quantitative estimate of drug-likeness (QED) is 0.209. The summed E-state index contributed by atoms with van der Waals surface area (Å²) >= 11 is 0. The van der Waals surface area contributed by atoms with Crippen molar-refractivity contribution in [3.05, 3.63) is 83.2 Å². The Balaban J connectivity index is 1.67. The number of fused-ring (bicyclic) bond motifs is 6. The molecule has 0 radical (unpaired) electrons. The maximum Gasteiger partial charge on any atom is 0.216 e. The number of aryl methyl sites for hydroxylation is 5. The summed E-state index contributed by atoms with van der Waals surface area (Å²) < 4.78 is 79.3. The Hall–Kier alpha value is -3.72. The lowest BCUT2D eigenvalue weighted by Gasteiger charge is -2.07. The smallest absolute Gasteiger partial charge is 0.216 e. The molecule has 0 saturated carbocycles. The van der Waals surface area contributed by atoms with Crippen molar-refractivity contribution in [3.8, 4) is 11.3 Å². The molecule has 0 aliphatic carbocycles. The third kappa shape index (κ3) is 2.67. The molecule has 0 atom stereocenters. The van der Waals surface area contributed by atoms with Crippen molar-refractivity contribution in [2.45, 2.75) is 27.5 Å². The van der Waals surface area contributed by atoms with Crippen molar-refractivity contribution in [1.82, 2.24) is 4.98 Å². The van der Waals surface area contributed by atoms with E-state index in [1.54, 1.807) is 17.7 Å². The Bertz CT molecular complexity index is 2030. The first kappa shape index (κ1) is 11.8. The third-order valence-corrected chi connectivity index (χ3v) is 6.17. The Morgan fingerprint density at radius 1 is 0.781 bits per heavy atom. The molecule has 3 heteroatoms. The van der Waals surface area contributed by atoms with Gasteiger partial charge < -0.3 is 4.42 Å².